The molecule has 2 aromatic carbocycles. The van der Waals surface area contributed by atoms with Crippen molar-refractivity contribution in [3.05, 3.63) is 86.7 Å². The average Bonchev–Trinajstić information content (AvgIpc) is 3.31. The van der Waals surface area contributed by atoms with Gasteiger partial charge in [-0.1, -0.05) is 48.5 Å². The first-order chi connectivity index (χ1) is 22.2. The van der Waals surface area contributed by atoms with Gasteiger partial charge in [-0.2, -0.15) is 0 Å². The molecule has 6 N–H and O–H groups in total. The first-order valence-corrected chi connectivity index (χ1v) is 14.7. The van der Waals surface area contributed by atoms with Gasteiger partial charge < -0.3 is 35.5 Å². The molecule has 3 amide bonds. The van der Waals surface area contributed by atoms with Crippen molar-refractivity contribution in [2.24, 2.45) is 0 Å². The molecule has 4 rings (SSSR count). The zero-order valence-corrected chi connectivity index (χ0v) is 25.9. The van der Waals surface area contributed by atoms with Gasteiger partial charge in [0.05, 0.1) is 6.42 Å². The molecule has 1 aliphatic rings. The molecule has 248 valence electrons. The normalized spacial score (nSPS) is 13.3. The van der Waals surface area contributed by atoms with Gasteiger partial charge in [0.2, 0.25) is 11.8 Å². The lowest BCUT2D eigenvalue weighted by atomic mass is 9.98. The number of aliphatic carboxylic acids is 1. The van der Waals surface area contributed by atoms with E-state index in [4.69, 9.17) is 9.47 Å². The fourth-order valence-electron chi connectivity index (χ4n) is 5.06. The van der Waals surface area contributed by atoms with Crippen molar-refractivity contribution >= 4 is 35.5 Å². The molecule has 1 aromatic heterocycles. The molecule has 15 nitrogen and oxygen atoms in total. The first kappa shape index (κ1) is 34.1. The number of alkyl carbamates (subject to hydrolysis) is 1. The van der Waals surface area contributed by atoms with Crippen LogP contribution in [-0.2, 0) is 28.7 Å². The van der Waals surface area contributed by atoms with Crippen LogP contribution in [0.3, 0.4) is 0 Å². The smallest absolute Gasteiger partial charge is 0.407 e. The second-order valence-electron chi connectivity index (χ2n) is 11.8. The molecular weight excluding hydrogens is 614 g/mol. The minimum absolute atomic E-state index is 0.0833. The number of fused-ring (bicyclic) bond motifs is 3. The summed E-state index contributed by atoms with van der Waals surface area (Å²) in [6.07, 6.45) is -1.51. The maximum absolute atomic E-state index is 13.3. The summed E-state index contributed by atoms with van der Waals surface area (Å²) in [6, 6.07) is 12.2. The Kier molecular flexibility index (Phi) is 10.6. The van der Waals surface area contributed by atoms with Crippen LogP contribution in [0.5, 0.6) is 0 Å². The summed E-state index contributed by atoms with van der Waals surface area (Å²) in [5, 5.41) is 16.6. The number of anilines is 1. The van der Waals surface area contributed by atoms with Gasteiger partial charge in [-0.15, -0.1) is 0 Å². The molecule has 0 saturated carbocycles. The Morgan fingerprint density at radius 3 is 2.11 bits per heavy atom. The SMILES string of the molecule is CC(C)(C)OC(=O)C[C@H](NC(=O)[C@H](CCC(=O)Nc1c[nH]c(=O)[nH]c1=O)NC(=O)OCC1c2ccccc2-c2ccccc21)C(=O)O. The lowest BCUT2D eigenvalue weighted by Gasteiger charge is -2.23. The van der Waals surface area contributed by atoms with E-state index in [2.05, 4.69) is 20.9 Å². The van der Waals surface area contributed by atoms with Crippen LogP contribution in [0.4, 0.5) is 10.5 Å². The van der Waals surface area contributed by atoms with E-state index in [1.54, 1.807) is 20.8 Å². The van der Waals surface area contributed by atoms with Crippen LogP contribution in [-0.4, -0.2) is 69.2 Å². The lowest BCUT2D eigenvalue weighted by molar-refractivity contribution is -0.158. The predicted molar refractivity (Wildman–Crippen MR) is 168 cm³/mol. The summed E-state index contributed by atoms with van der Waals surface area (Å²) in [5.41, 5.74) is 1.11. The van der Waals surface area contributed by atoms with Crippen molar-refractivity contribution in [3.8, 4) is 11.1 Å². The highest BCUT2D eigenvalue weighted by Crippen LogP contribution is 2.44. The van der Waals surface area contributed by atoms with E-state index in [0.717, 1.165) is 28.5 Å². The number of aromatic amines is 2. The van der Waals surface area contributed by atoms with Crippen molar-refractivity contribution in [2.75, 3.05) is 11.9 Å². The van der Waals surface area contributed by atoms with Crippen LogP contribution < -0.4 is 27.2 Å². The maximum atomic E-state index is 13.3. The van der Waals surface area contributed by atoms with Crippen LogP contribution in [0.1, 0.15) is 57.1 Å². The van der Waals surface area contributed by atoms with E-state index in [-0.39, 0.29) is 24.6 Å². The van der Waals surface area contributed by atoms with Gasteiger partial charge in [0.25, 0.3) is 5.56 Å². The van der Waals surface area contributed by atoms with E-state index in [0.29, 0.717) is 0 Å². The Morgan fingerprint density at radius 2 is 1.53 bits per heavy atom. The third kappa shape index (κ3) is 9.15. The average molecular weight is 650 g/mol. The summed E-state index contributed by atoms with van der Waals surface area (Å²) in [4.78, 5) is 90.5. The van der Waals surface area contributed by atoms with Crippen LogP contribution in [0.15, 0.2) is 64.3 Å². The van der Waals surface area contributed by atoms with Crippen LogP contribution in [0.2, 0.25) is 0 Å². The number of carboxylic acids is 1. The van der Waals surface area contributed by atoms with Gasteiger partial charge in [-0.3, -0.25) is 24.2 Å². The molecular formula is C32H35N5O10. The van der Waals surface area contributed by atoms with Gasteiger partial charge >= 0.3 is 23.7 Å². The van der Waals surface area contributed by atoms with Gasteiger partial charge in [-0.05, 0) is 49.4 Å². The van der Waals surface area contributed by atoms with E-state index in [9.17, 15) is 38.7 Å². The molecule has 0 bridgehead atoms. The molecule has 0 aliphatic heterocycles. The largest absolute Gasteiger partial charge is 0.480 e. The summed E-state index contributed by atoms with van der Waals surface area (Å²) >= 11 is 0. The number of aromatic nitrogens is 2. The summed E-state index contributed by atoms with van der Waals surface area (Å²) in [5.74, 6) is -4.45. The quantitative estimate of drug-likeness (QED) is 0.156. The number of hydrogen-bond acceptors (Lipinski definition) is 9. The summed E-state index contributed by atoms with van der Waals surface area (Å²) in [7, 11) is 0. The van der Waals surface area contributed by atoms with Crippen LogP contribution in [0.25, 0.3) is 11.1 Å². The lowest BCUT2D eigenvalue weighted by Crippen LogP contribution is -2.52. The third-order valence-electron chi connectivity index (χ3n) is 7.11. The van der Waals surface area contributed by atoms with Crippen molar-refractivity contribution in [1.82, 2.24) is 20.6 Å². The fraction of sp³-hybridized carbons (Fsp3) is 0.344. The molecule has 1 aliphatic carbocycles. The molecule has 15 heteroatoms. The third-order valence-corrected chi connectivity index (χ3v) is 7.11. The molecule has 47 heavy (non-hydrogen) atoms. The molecule has 0 radical (unpaired) electrons. The highest BCUT2D eigenvalue weighted by Gasteiger charge is 2.32. The highest BCUT2D eigenvalue weighted by atomic mass is 16.6. The number of nitrogens with one attached hydrogen (secondary N) is 5. The highest BCUT2D eigenvalue weighted by molar-refractivity contribution is 5.93. The van der Waals surface area contributed by atoms with E-state index >= 15 is 0 Å². The monoisotopic (exact) mass is 649 g/mol. The van der Waals surface area contributed by atoms with Crippen molar-refractivity contribution < 1.29 is 38.6 Å². The number of H-pyrrole nitrogens is 2. The second kappa shape index (κ2) is 14.6. The van der Waals surface area contributed by atoms with Crippen molar-refractivity contribution in [3.63, 3.8) is 0 Å². The second-order valence-corrected chi connectivity index (χ2v) is 11.8. The molecule has 0 fully saturated rings. The maximum Gasteiger partial charge on any atom is 0.407 e. The number of esters is 1. The molecule has 0 spiro atoms. The van der Waals surface area contributed by atoms with Gasteiger partial charge in [0.1, 0.15) is 30.0 Å². The van der Waals surface area contributed by atoms with Crippen LogP contribution in [0, 0.1) is 0 Å². The Hall–Kier alpha value is -5.73. The number of carbonyl (C=O) groups excluding carboxylic acids is 4. The van der Waals surface area contributed by atoms with Crippen molar-refractivity contribution in [2.45, 2.75) is 63.6 Å². The number of rotatable bonds is 12. The number of carbonyl (C=O) groups is 5. The Morgan fingerprint density at radius 1 is 0.915 bits per heavy atom. The van der Waals surface area contributed by atoms with Gasteiger partial charge in [0.15, 0.2) is 0 Å². The number of ether oxygens (including phenoxy) is 2. The fourth-order valence-corrected chi connectivity index (χ4v) is 5.06. The van der Waals surface area contributed by atoms with E-state index in [1.807, 2.05) is 53.5 Å². The Balaban J connectivity index is 1.46. The Labute approximate surface area is 268 Å². The minimum Gasteiger partial charge on any atom is -0.480 e. The summed E-state index contributed by atoms with van der Waals surface area (Å²) in [6.45, 7) is 4.71. The molecule has 1 heterocycles. The van der Waals surface area contributed by atoms with Gasteiger partial charge in [0, 0.05) is 18.5 Å². The van der Waals surface area contributed by atoms with Crippen LogP contribution >= 0.6 is 0 Å². The predicted octanol–water partition coefficient (Wildman–Crippen LogP) is 1.99. The molecule has 3 aromatic rings. The van der Waals surface area contributed by atoms with E-state index in [1.165, 1.54) is 0 Å². The van der Waals surface area contributed by atoms with Crippen molar-refractivity contribution in [1.29, 1.82) is 0 Å². The molecule has 2 atom stereocenters. The molecule has 0 unspecified atom stereocenters. The zero-order chi connectivity index (χ0) is 34.3. The zero-order valence-electron chi connectivity index (χ0n) is 25.9. The standard InChI is InChI=1S/C32H35N5O10/c1-32(2,3)47-26(39)14-23(29(42)43)35-27(40)22(12-13-25(38)34-24-15-33-30(44)37-28(24)41)36-31(45)46-16-21-19-10-6-4-8-17(19)18-9-5-7-11-20(18)21/h4-11,15,21-23H,12-14,16H2,1-3H3,(H,34,38)(H,35,40)(H,36,45)(H,42,43)(H2,33,37,41,44)/t22-,23-/m0/s1. The number of benzene rings is 2. The van der Waals surface area contributed by atoms with Gasteiger partial charge in [-0.25, -0.2) is 14.4 Å². The number of carboxylic acid groups (broad SMARTS) is 1. The topological polar surface area (TPSA) is 226 Å². The van der Waals surface area contributed by atoms with E-state index < -0.39 is 71.6 Å². The summed E-state index contributed by atoms with van der Waals surface area (Å²) < 4.78 is 10.7. The molecule has 0 saturated heterocycles. The first-order valence-electron chi connectivity index (χ1n) is 14.7. The number of amides is 3. The number of hydrogen-bond donors (Lipinski definition) is 6. The minimum atomic E-state index is -1.71. The Bertz CT molecular complexity index is 1750.